The van der Waals surface area contributed by atoms with Crippen LogP contribution in [0, 0.1) is 5.92 Å². The van der Waals surface area contributed by atoms with E-state index in [0.29, 0.717) is 12.3 Å². The Hall–Kier alpha value is -0.240. The van der Waals surface area contributed by atoms with Crippen LogP contribution < -0.4 is 5.32 Å². The second-order valence-corrected chi connectivity index (χ2v) is 6.09. The summed E-state index contributed by atoms with van der Waals surface area (Å²) in [6, 6.07) is 0. The summed E-state index contributed by atoms with van der Waals surface area (Å²) >= 11 is 6.28. The van der Waals surface area contributed by atoms with E-state index in [1.807, 2.05) is 0 Å². The van der Waals surface area contributed by atoms with Crippen molar-refractivity contribution < 1.29 is 4.79 Å². The summed E-state index contributed by atoms with van der Waals surface area (Å²) < 4.78 is 0. The third-order valence-electron chi connectivity index (χ3n) is 3.89. The highest BCUT2D eigenvalue weighted by Crippen LogP contribution is 2.27. The Morgan fingerprint density at radius 1 is 1.17 bits per heavy atom. The van der Waals surface area contributed by atoms with Crippen LogP contribution in [0.25, 0.3) is 0 Å². The van der Waals surface area contributed by atoms with Gasteiger partial charge in [0.05, 0.1) is 0 Å². The van der Waals surface area contributed by atoms with Gasteiger partial charge in [-0.05, 0) is 25.2 Å². The molecule has 1 saturated carbocycles. The molecule has 0 aliphatic heterocycles. The second-order valence-electron chi connectivity index (χ2n) is 5.53. The van der Waals surface area contributed by atoms with E-state index in [0.717, 1.165) is 19.4 Å². The summed E-state index contributed by atoms with van der Waals surface area (Å²) in [5, 5.41) is 3.32. The average molecular weight is 274 g/mol. The standard InChI is InChI=1S/C15H28ClNO/c1-2-3-4-5-6-11-15(18)17-12-13-9-7-8-10-14(13)16/h13-14H,2-12H2,1H3,(H,17,18). The van der Waals surface area contributed by atoms with Gasteiger partial charge in [0, 0.05) is 18.3 Å². The zero-order valence-corrected chi connectivity index (χ0v) is 12.5. The number of carbonyl (C=O) groups excluding carboxylic acids is 1. The van der Waals surface area contributed by atoms with E-state index in [1.54, 1.807) is 0 Å². The van der Waals surface area contributed by atoms with E-state index in [9.17, 15) is 4.79 Å². The van der Waals surface area contributed by atoms with Crippen molar-refractivity contribution in [3.63, 3.8) is 0 Å². The van der Waals surface area contributed by atoms with Crippen LogP contribution in [-0.2, 0) is 4.79 Å². The van der Waals surface area contributed by atoms with Crippen molar-refractivity contribution in [2.24, 2.45) is 5.92 Å². The molecule has 3 heteroatoms. The van der Waals surface area contributed by atoms with Crippen molar-refractivity contribution in [3.8, 4) is 0 Å². The lowest BCUT2D eigenvalue weighted by Gasteiger charge is -2.27. The number of rotatable bonds is 8. The normalized spacial score (nSPS) is 23.9. The molecule has 0 saturated heterocycles. The minimum atomic E-state index is 0.209. The lowest BCUT2D eigenvalue weighted by Crippen LogP contribution is -2.34. The third kappa shape index (κ3) is 6.63. The highest BCUT2D eigenvalue weighted by Gasteiger charge is 2.23. The fourth-order valence-electron chi connectivity index (χ4n) is 2.61. The smallest absolute Gasteiger partial charge is 0.220 e. The fourth-order valence-corrected chi connectivity index (χ4v) is 2.98. The number of hydrogen-bond donors (Lipinski definition) is 1. The topological polar surface area (TPSA) is 29.1 Å². The molecule has 0 aromatic heterocycles. The number of amides is 1. The molecule has 106 valence electrons. The molecular weight excluding hydrogens is 246 g/mol. The monoisotopic (exact) mass is 273 g/mol. The zero-order chi connectivity index (χ0) is 13.2. The van der Waals surface area contributed by atoms with E-state index in [-0.39, 0.29) is 11.3 Å². The van der Waals surface area contributed by atoms with Crippen LogP contribution in [0.3, 0.4) is 0 Å². The predicted molar refractivity (Wildman–Crippen MR) is 78.0 cm³/mol. The fraction of sp³-hybridized carbons (Fsp3) is 0.933. The molecule has 2 atom stereocenters. The SMILES string of the molecule is CCCCCCCC(=O)NCC1CCCCC1Cl. The summed E-state index contributed by atoms with van der Waals surface area (Å²) in [6.45, 7) is 2.99. The number of halogens is 1. The quantitative estimate of drug-likeness (QED) is 0.520. The summed E-state index contributed by atoms with van der Waals surface area (Å²) in [4.78, 5) is 11.7. The van der Waals surface area contributed by atoms with Crippen molar-refractivity contribution in [2.75, 3.05) is 6.54 Å². The minimum absolute atomic E-state index is 0.209. The third-order valence-corrected chi connectivity index (χ3v) is 4.46. The molecule has 1 amide bonds. The molecule has 0 spiro atoms. The van der Waals surface area contributed by atoms with Crippen LogP contribution in [0.5, 0.6) is 0 Å². The number of nitrogens with one attached hydrogen (secondary N) is 1. The van der Waals surface area contributed by atoms with Crippen LogP contribution in [-0.4, -0.2) is 17.8 Å². The first kappa shape index (κ1) is 15.8. The zero-order valence-electron chi connectivity index (χ0n) is 11.7. The van der Waals surface area contributed by atoms with Crippen molar-refractivity contribution in [3.05, 3.63) is 0 Å². The predicted octanol–water partition coefficient (Wildman–Crippen LogP) is 4.26. The largest absolute Gasteiger partial charge is 0.356 e. The molecule has 0 aromatic carbocycles. The van der Waals surface area contributed by atoms with Crippen LogP contribution in [0.15, 0.2) is 0 Å². The molecule has 1 rings (SSSR count). The number of alkyl halides is 1. The van der Waals surface area contributed by atoms with Crippen LogP contribution >= 0.6 is 11.6 Å². The van der Waals surface area contributed by atoms with Gasteiger partial charge in [-0.2, -0.15) is 0 Å². The average Bonchev–Trinajstić information content (AvgIpc) is 2.37. The minimum Gasteiger partial charge on any atom is -0.356 e. The molecule has 0 heterocycles. The Labute approximate surface area is 117 Å². The van der Waals surface area contributed by atoms with Gasteiger partial charge in [-0.25, -0.2) is 0 Å². The maximum absolute atomic E-state index is 11.7. The van der Waals surface area contributed by atoms with Gasteiger partial charge in [0.2, 0.25) is 5.91 Å². The van der Waals surface area contributed by atoms with Gasteiger partial charge in [-0.1, -0.05) is 45.4 Å². The van der Waals surface area contributed by atoms with Gasteiger partial charge in [-0.3, -0.25) is 4.79 Å². The Morgan fingerprint density at radius 2 is 1.89 bits per heavy atom. The van der Waals surface area contributed by atoms with Gasteiger partial charge in [0.25, 0.3) is 0 Å². The molecule has 1 fully saturated rings. The van der Waals surface area contributed by atoms with Crippen LogP contribution in [0.2, 0.25) is 0 Å². The molecule has 2 nitrogen and oxygen atoms in total. The second kappa shape index (κ2) is 9.66. The van der Waals surface area contributed by atoms with Gasteiger partial charge in [-0.15, -0.1) is 11.6 Å². The molecule has 2 unspecified atom stereocenters. The molecule has 0 radical (unpaired) electrons. The molecule has 1 aliphatic rings. The Balaban J connectivity index is 2.02. The van der Waals surface area contributed by atoms with Gasteiger partial charge in [0.15, 0.2) is 0 Å². The highest BCUT2D eigenvalue weighted by molar-refractivity contribution is 6.20. The lowest BCUT2D eigenvalue weighted by molar-refractivity contribution is -0.121. The number of hydrogen-bond acceptors (Lipinski definition) is 1. The van der Waals surface area contributed by atoms with Crippen LogP contribution in [0.4, 0.5) is 0 Å². The van der Waals surface area contributed by atoms with E-state index >= 15 is 0 Å². The summed E-state index contributed by atoms with van der Waals surface area (Å²) in [5.41, 5.74) is 0. The van der Waals surface area contributed by atoms with E-state index in [1.165, 1.54) is 44.9 Å². The first-order valence-corrected chi connectivity index (χ1v) is 8.08. The summed E-state index contributed by atoms with van der Waals surface area (Å²) in [5.74, 6) is 0.699. The first-order chi connectivity index (χ1) is 8.74. The number of carbonyl (C=O) groups is 1. The summed E-state index contributed by atoms with van der Waals surface area (Å²) in [6.07, 6.45) is 11.5. The lowest BCUT2D eigenvalue weighted by atomic mass is 9.88. The summed E-state index contributed by atoms with van der Waals surface area (Å²) in [7, 11) is 0. The first-order valence-electron chi connectivity index (χ1n) is 7.64. The van der Waals surface area contributed by atoms with E-state index in [2.05, 4.69) is 12.2 Å². The Bertz CT molecular complexity index is 233. The van der Waals surface area contributed by atoms with Crippen LogP contribution in [0.1, 0.15) is 71.1 Å². The van der Waals surface area contributed by atoms with Crippen molar-refractivity contribution in [1.29, 1.82) is 0 Å². The van der Waals surface area contributed by atoms with E-state index < -0.39 is 0 Å². The van der Waals surface area contributed by atoms with Gasteiger partial charge >= 0.3 is 0 Å². The molecule has 1 N–H and O–H groups in total. The molecule has 18 heavy (non-hydrogen) atoms. The van der Waals surface area contributed by atoms with Crippen molar-refractivity contribution >= 4 is 17.5 Å². The molecule has 1 aliphatic carbocycles. The molecular formula is C15H28ClNO. The maximum atomic E-state index is 11.7. The molecule has 0 bridgehead atoms. The Kier molecular flexibility index (Phi) is 8.49. The van der Waals surface area contributed by atoms with E-state index in [4.69, 9.17) is 11.6 Å². The maximum Gasteiger partial charge on any atom is 0.220 e. The van der Waals surface area contributed by atoms with Gasteiger partial charge < -0.3 is 5.32 Å². The van der Waals surface area contributed by atoms with Gasteiger partial charge in [0.1, 0.15) is 0 Å². The Morgan fingerprint density at radius 3 is 2.61 bits per heavy atom. The van der Waals surface area contributed by atoms with Crippen molar-refractivity contribution in [2.45, 2.75) is 76.5 Å². The highest BCUT2D eigenvalue weighted by atomic mass is 35.5. The molecule has 0 aromatic rings. The number of unbranched alkanes of at least 4 members (excludes halogenated alkanes) is 4. The van der Waals surface area contributed by atoms with Crippen molar-refractivity contribution in [1.82, 2.24) is 5.32 Å².